The van der Waals surface area contributed by atoms with Crippen LogP contribution in [0, 0.1) is 10.1 Å². The highest BCUT2D eigenvalue weighted by Gasteiger charge is 2.12. The van der Waals surface area contributed by atoms with Crippen LogP contribution in [0.15, 0.2) is 43.9 Å². The van der Waals surface area contributed by atoms with Crippen molar-refractivity contribution in [2.45, 2.75) is 6.54 Å². The minimum Gasteiger partial charge on any atom is -0.466 e. The third kappa shape index (κ3) is 2.91. The maximum atomic E-state index is 10.8. The molecule has 1 aromatic heterocycles. The molecule has 0 fully saturated rings. The van der Waals surface area contributed by atoms with Crippen LogP contribution in [0.1, 0.15) is 5.76 Å². The minimum absolute atomic E-state index is 0.0264. The molecule has 1 aromatic carbocycles. The summed E-state index contributed by atoms with van der Waals surface area (Å²) in [5.41, 5.74) is 0.687. The molecule has 94 valence electrons. The summed E-state index contributed by atoms with van der Waals surface area (Å²) < 4.78 is 6.55. The second-order valence-electron chi connectivity index (χ2n) is 3.47. The van der Waals surface area contributed by atoms with E-state index >= 15 is 0 Å². The van der Waals surface area contributed by atoms with Gasteiger partial charge in [-0.2, -0.15) is 0 Å². The lowest BCUT2D eigenvalue weighted by molar-refractivity contribution is -0.385. The number of benzene rings is 1. The van der Waals surface area contributed by atoms with Crippen molar-refractivity contribution in [2.24, 2.45) is 0 Å². The van der Waals surface area contributed by atoms with Gasteiger partial charge in [0.1, 0.15) is 5.76 Å². The maximum absolute atomic E-state index is 10.8. The van der Waals surface area contributed by atoms with E-state index in [-0.39, 0.29) is 5.69 Å². The van der Waals surface area contributed by atoms with Crippen molar-refractivity contribution in [3.63, 3.8) is 0 Å². The molecule has 18 heavy (non-hydrogen) atoms. The number of nitro groups is 1. The summed E-state index contributed by atoms with van der Waals surface area (Å²) in [4.78, 5) is 10.4. The number of rotatable bonds is 4. The van der Waals surface area contributed by atoms with Crippen molar-refractivity contribution < 1.29 is 9.34 Å². The van der Waals surface area contributed by atoms with Gasteiger partial charge in [-0.3, -0.25) is 10.1 Å². The van der Waals surface area contributed by atoms with E-state index in [9.17, 15) is 10.1 Å². The lowest BCUT2D eigenvalue weighted by Crippen LogP contribution is -1.99. The van der Waals surface area contributed by atoms with Crippen molar-refractivity contribution in [1.82, 2.24) is 0 Å². The fraction of sp³-hybridized carbons (Fsp3) is 0.0909. The van der Waals surface area contributed by atoms with E-state index in [0.717, 1.165) is 10.2 Å². The highest BCUT2D eigenvalue weighted by Crippen LogP contribution is 2.28. The summed E-state index contributed by atoms with van der Waals surface area (Å²) in [5, 5.41) is 13.8. The standard InChI is InChI=1S/C11H8Br2N2O3/c12-8-2-1-7(5-10(8)15(16)17)14-6-11-9(13)3-4-18-11/h1-5,14H,6H2. The second kappa shape index (κ2) is 5.53. The smallest absolute Gasteiger partial charge is 0.285 e. The Morgan fingerprint density at radius 1 is 1.28 bits per heavy atom. The van der Waals surface area contributed by atoms with E-state index in [1.54, 1.807) is 24.5 Å². The molecule has 0 aliphatic carbocycles. The van der Waals surface area contributed by atoms with Gasteiger partial charge < -0.3 is 9.73 Å². The molecule has 0 saturated carbocycles. The lowest BCUT2D eigenvalue weighted by atomic mass is 10.3. The second-order valence-corrected chi connectivity index (χ2v) is 5.18. The van der Waals surface area contributed by atoms with Crippen LogP contribution in [0.2, 0.25) is 0 Å². The van der Waals surface area contributed by atoms with Crippen LogP contribution in [0.25, 0.3) is 0 Å². The SMILES string of the molecule is O=[N+]([O-])c1cc(NCc2occc2Br)ccc1Br. The van der Waals surface area contributed by atoms with Crippen LogP contribution in [0.4, 0.5) is 11.4 Å². The molecule has 2 aromatic rings. The van der Waals surface area contributed by atoms with Gasteiger partial charge in [-0.05, 0) is 50.1 Å². The van der Waals surface area contributed by atoms with Crippen LogP contribution in [-0.2, 0) is 6.54 Å². The molecule has 0 bridgehead atoms. The zero-order chi connectivity index (χ0) is 13.1. The Hall–Kier alpha value is -1.34. The summed E-state index contributed by atoms with van der Waals surface area (Å²) in [7, 11) is 0. The highest BCUT2D eigenvalue weighted by atomic mass is 79.9. The number of hydrogen-bond donors (Lipinski definition) is 1. The number of nitrogens with one attached hydrogen (secondary N) is 1. The van der Waals surface area contributed by atoms with Gasteiger partial charge in [0.25, 0.3) is 5.69 Å². The fourth-order valence-electron chi connectivity index (χ4n) is 1.40. The Bertz CT molecular complexity index is 583. The predicted octanol–water partition coefficient (Wildman–Crippen LogP) is 4.32. The lowest BCUT2D eigenvalue weighted by Gasteiger charge is -2.05. The Balaban J connectivity index is 2.13. The molecule has 0 unspecified atom stereocenters. The molecular formula is C11H8Br2N2O3. The van der Waals surface area contributed by atoms with Crippen LogP contribution < -0.4 is 5.32 Å². The van der Waals surface area contributed by atoms with Crippen molar-refractivity contribution in [2.75, 3.05) is 5.32 Å². The van der Waals surface area contributed by atoms with Crippen LogP contribution in [-0.4, -0.2) is 4.92 Å². The normalized spacial score (nSPS) is 10.3. The Kier molecular flexibility index (Phi) is 4.03. The van der Waals surface area contributed by atoms with Crippen molar-refractivity contribution >= 4 is 43.2 Å². The van der Waals surface area contributed by atoms with Crippen LogP contribution in [0.3, 0.4) is 0 Å². The molecule has 1 N–H and O–H groups in total. The van der Waals surface area contributed by atoms with E-state index in [0.29, 0.717) is 16.7 Å². The number of nitro benzene ring substituents is 1. The monoisotopic (exact) mass is 374 g/mol. The number of nitrogens with zero attached hydrogens (tertiary/aromatic N) is 1. The topological polar surface area (TPSA) is 68.3 Å². The molecule has 5 nitrogen and oxygen atoms in total. The van der Waals surface area contributed by atoms with Crippen molar-refractivity contribution in [3.05, 3.63) is 55.3 Å². The summed E-state index contributed by atoms with van der Waals surface area (Å²) in [6.07, 6.45) is 1.57. The molecule has 0 aliphatic rings. The van der Waals surface area contributed by atoms with Gasteiger partial charge in [-0.25, -0.2) is 0 Å². The van der Waals surface area contributed by atoms with E-state index in [4.69, 9.17) is 4.42 Å². The Morgan fingerprint density at radius 2 is 2.06 bits per heavy atom. The fourth-order valence-corrected chi connectivity index (χ4v) is 2.13. The molecule has 0 spiro atoms. The van der Waals surface area contributed by atoms with Gasteiger partial charge in [0, 0.05) is 11.8 Å². The van der Waals surface area contributed by atoms with E-state index in [2.05, 4.69) is 37.2 Å². The van der Waals surface area contributed by atoms with Gasteiger partial charge in [-0.15, -0.1) is 0 Å². The molecule has 1 heterocycles. The van der Waals surface area contributed by atoms with Gasteiger partial charge in [-0.1, -0.05) is 0 Å². The average Bonchev–Trinajstić information content (AvgIpc) is 2.73. The number of furan rings is 1. The van der Waals surface area contributed by atoms with Gasteiger partial charge in [0.2, 0.25) is 0 Å². The molecule has 0 saturated heterocycles. The average molecular weight is 376 g/mol. The predicted molar refractivity (Wildman–Crippen MR) is 74.5 cm³/mol. The van der Waals surface area contributed by atoms with E-state index in [1.165, 1.54) is 6.07 Å². The van der Waals surface area contributed by atoms with Crippen LogP contribution in [0.5, 0.6) is 0 Å². The third-order valence-electron chi connectivity index (χ3n) is 2.29. The quantitative estimate of drug-likeness (QED) is 0.638. The van der Waals surface area contributed by atoms with Gasteiger partial charge >= 0.3 is 0 Å². The largest absolute Gasteiger partial charge is 0.466 e. The summed E-state index contributed by atoms with van der Waals surface area (Å²) in [6, 6.07) is 6.66. The first kappa shape index (κ1) is 13.1. The summed E-state index contributed by atoms with van der Waals surface area (Å²) in [6.45, 7) is 0.451. The Labute approximate surface area is 120 Å². The third-order valence-corrected chi connectivity index (χ3v) is 3.66. The van der Waals surface area contributed by atoms with Gasteiger partial charge in [0.05, 0.1) is 26.7 Å². The minimum atomic E-state index is -0.432. The van der Waals surface area contributed by atoms with Gasteiger partial charge in [0.15, 0.2) is 0 Å². The molecule has 7 heteroatoms. The van der Waals surface area contributed by atoms with E-state index in [1.807, 2.05) is 0 Å². The van der Waals surface area contributed by atoms with Crippen molar-refractivity contribution in [1.29, 1.82) is 0 Å². The molecule has 0 radical (unpaired) electrons. The molecular weight excluding hydrogens is 368 g/mol. The molecule has 0 aliphatic heterocycles. The first-order valence-electron chi connectivity index (χ1n) is 4.97. The van der Waals surface area contributed by atoms with Crippen LogP contribution >= 0.6 is 31.9 Å². The number of halogens is 2. The molecule has 0 atom stereocenters. The van der Waals surface area contributed by atoms with Crippen molar-refractivity contribution in [3.8, 4) is 0 Å². The zero-order valence-corrected chi connectivity index (χ0v) is 12.2. The van der Waals surface area contributed by atoms with E-state index < -0.39 is 4.92 Å². The first-order valence-corrected chi connectivity index (χ1v) is 6.56. The maximum Gasteiger partial charge on any atom is 0.285 e. The highest BCUT2D eigenvalue weighted by molar-refractivity contribution is 9.10. The number of anilines is 1. The number of hydrogen-bond acceptors (Lipinski definition) is 4. The zero-order valence-electron chi connectivity index (χ0n) is 9.02. The molecule has 0 amide bonds. The summed E-state index contributed by atoms with van der Waals surface area (Å²) in [5.74, 6) is 0.737. The summed E-state index contributed by atoms with van der Waals surface area (Å²) >= 11 is 6.48. The first-order chi connectivity index (χ1) is 8.58. The Morgan fingerprint density at radius 3 is 2.67 bits per heavy atom. The molecule has 2 rings (SSSR count).